The Labute approximate surface area is 254 Å². The highest BCUT2D eigenvalue weighted by Gasteiger charge is 2.47. The van der Waals surface area contributed by atoms with Crippen LogP contribution >= 0.6 is 34.5 Å². The fraction of sp³-hybridized carbons (Fsp3) is 0.613. The van der Waals surface area contributed by atoms with E-state index >= 15 is 0 Å². The zero-order valence-corrected chi connectivity index (χ0v) is 26.5. The lowest BCUT2D eigenvalue weighted by Gasteiger charge is -2.50. The van der Waals surface area contributed by atoms with Crippen molar-refractivity contribution in [2.24, 2.45) is 0 Å². The van der Waals surface area contributed by atoms with E-state index < -0.39 is 0 Å². The maximum absolute atomic E-state index is 13.9. The van der Waals surface area contributed by atoms with Crippen LogP contribution in [0, 0.1) is 0 Å². The van der Waals surface area contributed by atoms with Crippen LogP contribution in [0.4, 0.5) is 0 Å². The monoisotopic (exact) mass is 606 g/mol. The van der Waals surface area contributed by atoms with Gasteiger partial charge >= 0.3 is 0 Å². The Morgan fingerprint density at radius 2 is 1.70 bits per heavy atom. The number of thiophene rings is 1. The number of amides is 2. The van der Waals surface area contributed by atoms with Crippen LogP contribution in [-0.4, -0.2) is 96.4 Å². The molecule has 40 heavy (non-hydrogen) atoms. The molecular weight excluding hydrogens is 563 g/mol. The molecule has 2 saturated heterocycles. The van der Waals surface area contributed by atoms with Gasteiger partial charge in [0.15, 0.2) is 0 Å². The Hall–Kier alpha value is -1.64. The Morgan fingerprint density at radius 3 is 2.30 bits per heavy atom. The molecule has 9 heteroatoms. The molecule has 220 valence electrons. The van der Waals surface area contributed by atoms with Crippen molar-refractivity contribution in [2.75, 3.05) is 59.4 Å². The van der Waals surface area contributed by atoms with Crippen LogP contribution in [0.3, 0.4) is 0 Å². The summed E-state index contributed by atoms with van der Waals surface area (Å²) in [5.41, 5.74) is 1.44. The van der Waals surface area contributed by atoms with Crippen molar-refractivity contribution in [1.82, 2.24) is 19.6 Å². The van der Waals surface area contributed by atoms with Gasteiger partial charge in [-0.1, -0.05) is 35.7 Å². The van der Waals surface area contributed by atoms with Gasteiger partial charge in [-0.3, -0.25) is 14.5 Å². The highest BCUT2D eigenvalue weighted by Crippen LogP contribution is 2.35. The minimum Gasteiger partial charge on any atom is -0.342 e. The fourth-order valence-corrected chi connectivity index (χ4v) is 7.36. The van der Waals surface area contributed by atoms with Gasteiger partial charge in [0.05, 0.1) is 15.6 Å². The van der Waals surface area contributed by atoms with E-state index in [1.54, 1.807) is 0 Å². The first-order valence-electron chi connectivity index (χ1n) is 14.8. The summed E-state index contributed by atoms with van der Waals surface area (Å²) in [6.07, 6.45) is 6.25. The third-order valence-electron chi connectivity index (χ3n) is 8.91. The average Bonchev–Trinajstić information content (AvgIpc) is 3.53. The lowest BCUT2D eigenvalue weighted by molar-refractivity contribution is -0.149. The standard InChI is InChI=1S/C31H44Cl2N4O2S/c1-4-36(5-2)30(39)31(37-15-7-6-8-16-37)13-18-35(19-14-31)17-11-25(24-9-10-27(32)28(33)21-24)22-34(3)29(38)26-12-20-40-23-26/h9-10,12,20-21,23,25H,4-8,11,13-19,22H2,1-3H3. The molecule has 1 aromatic heterocycles. The molecule has 0 saturated carbocycles. The highest BCUT2D eigenvalue weighted by atomic mass is 35.5. The number of nitrogens with zero attached hydrogens (tertiary/aromatic N) is 4. The first kappa shape index (κ1) is 31.3. The summed E-state index contributed by atoms with van der Waals surface area (Å²) in [5, 5.41) is 4.91. The molecule has 0 radical (unpaired) electrons. The molecule has 2 aliphatic rings. The first-order valence-corrected chi connectivity index (χ1v) is 16.5. The first-order chi connectivity index (χ1) is 19.3. The summed E-state index contributed by atoms with van der Waals surface area (Å²) in [7, 11) is 1.87. The van der Waals surface area contributed by atoms with E-state index in [2.05, 4.69) is 23.6 Å². The number of hydrogen-bond donors (Lipinski definition) is 0. The van der Waals surface area contributed by atoms with E-state index in [1.807, 2.05) is 51.9 Å². The third-order valence-corrected chi connectivity index (χ3v) is 10.3. The third kappa shape index (κ3) is 7.22. The second-order valence-corrected chi connectivity index (χ2v) is 12.8. The van der Waals surface area contributed by atoms with Crippen LogP contribution in [0.1, 0.15) is 74.2 Å². The van der Waals surface area contributed by atoms with Crippen LogP contribution in [0.5, 0.6) is 0 Å². The molecule has 4 rings (SSSR count). The number of likely N-dealkylation sites (tertiary alicyclic amines) is 2. The molecule has 0 aliphatic carbocycles. The number of halogens is 2. The van der Waals surface area contributed by atoms with Crippen LogP contribution < -0.4 is 0 Å². The highest BCUT2D eigenvalue weighted by molar-refractivity contribution is 7.08. The van der Waals surface area contributed by atoms with Gasteiger partial charge in [0.1, 0.15) is 5.54 Å². The summed E-state index contributed by atoms with van der Waals surface area (Å²) < 4.78 is 0. The van der Waals surface area contributed by atoms with E-state index in [-0.39, 0.29) is 17.4 Å². The zero-order valence-electron chi connectivity index (χ0n) is 24.2. The predicted octanol–water partition coefficient (Wildman–Crippen LogP) is 6.49. The van der Waals surface area contributed by atoms with Crippen LogP contribution in [0.2, 0.25) is 10.0 Å². The van der Waals surface area contributed by atoms with Gasteiger partial charge < -0.3 is 14.7 Å². The molecule has 1 aromatic carbocycles. The minimum atomic E-state index is -0.376. The Kier molecular flexibility index (Phi) is 11.3. The second kappa shape index (κ2) is 14.5. The van der Waals surface area contributed by atoms with E-state index in [4.69, 9.17) is 23.2 Å². The number of piperidine rings is 2. The van der Waals surface area contributed by atoms with Crippen molar-refractivity contribution in [1.29, 1.82) is 0 Å². The van der Waals surface area contributed by atoms with Crippen molar-refractivity contribution in [3.05, 3.63) is 56.2 Å². The number of benzene rings is 1. The smallest absolute Gasteiger partial charge is 0.254 e. The molecule has 2 amide bonds. The van der Waals surface area contributed by atoms with Crippen LogP contribution in [-0.2, 0) is 4.79 Å². The van der Waals surface area contributed by atoms with Gasteiger partial charge in [0.25, 0.3) is 5.91 Å². The largest absolute Gasteiger partial charge is 0.342 e. The zero-order chi connectivity index (χ0) is 28.7. The summed E-state index contributed by atoms with van der Waals surface area (Å²) in [4.78, 5) is 35.8. The Morgan fingerprint density at radius 1 is 1.00 bits per heavy atom. The molecule has 6 nitrogen and oxygen atoms in total. The number of carbonyl (C=O) groups is 2. The molecule has 3 heterocycles. The van der Waals surface area contributed by atoms with Gasteiger partial charge in [0.2, 0.25) is 5.91 Å². The summed E-state index contributed by atoms with van der Waals surface area (Å²) in [6, 6.07) is 7.69. The summed E-state index contributed by atoms with van der Waals surface area (Å²) in [5.74, 6) is 0.472. The SMILES string of the molecule is CCN(CC)C(=O)C1(N2CCCCC2)CCN(CCC(CN(C)C(=O)c2ccsc2)c2ccc(Cl)c(Cl)c2)CC1. The molecule has 1 atom stereocenters. The quantitative estimate of drug-likeness (QED) is 0.293. The second-order valence-electron chi connectivity index (χ2n) is 11.3. The van der Waals surface area contributed by atoms with E-state index in [0.717, 1.165) is 76.2 Å². The Balaban J connectivity index is 1.45. The maximum atomic E-state index is 13.9. The number of hydrogen-bond acceptors (Lipinski definition) is 5. The molecule has 0 bridgehead atoms. The molecule has 2 fully saturated rings. The van der Waals surface area contributed by atoms with E-state index in [0.29, 0.717) is 22.5 Å². The Bertz CT molecular complexity index is 1110. The maximum Gasteiger partial charge on any atom is 0.254 e. The normalized spacial score (nSPS) is 18.8. The van der Waals surface area contributed by atoms with Gasteiger partial charge in [-0.05, 0) is 94.7 Å². The van der Waals surface area contributed by atoms with Crippen molar-refractivity contribution in [3.63, 3.8) is 0 Å². The van der Waals surface area contributed by atoms with Gasteiger partial charge in [-0.2, -0.15) is 11.3 Å². The minimum absolute atomic E-state index is 0.0329. The van der Waals surface area contributed by atoms with Gasteiger partial charge in [0, 0.05) is 51.1 Å². The fourth-order valence-electron chi connectivity index (χ4n) is 6.43. The van der Waals surface area contributed by atoms with E-state index in [9.17, 15) is 9.59 Å². The van der Waals surface area contributed by atoms with Crippen molar-refractivity contribution >= 4 is 46.4 Å². The number of rotatable bonds is 11. The summed E-state index contributed by atoms with van der Waals surface area (Å²) in [6.45, 7) is 11.1. The van der Waals surface area contributed by atoms with E-state index in [1.165, 1.54) is 30.6 Å². The van der Waals surface area contributed by atoms with Gasteiger partial charge in [-0.15, -0.1) is 0 Å². The summed E-state index contributed by atoms with van der Waals surface area (Å²) >= 11 is 14.2. The van der Waals surface area contributed by atoms with Crippen molar-refractivity contribution in [2.45, 2.75) is 63.8 Å². The topological polar surface area (TPSA) is 47.1 Å². The lowest BCUT2D eigenvalue weighted by atomic mass is 9.82. The molecule has 1 unspecified atom stereocenters. The lowest BCUT2D eigenvalue weighted by Crippen LogP contribution is -2.64. The average molecular weight is 608 g/mol. The van der Waals surface area contributed by atoms with Crippen LogP contribution in [0.15, 0.2) is 35.0 Å². The molecule has 2 aliphatic heterocycles. The van der Waals surface area contributed by atoms with Crippen LogP contribution in [0.25, 0.3) is 0 Å². The molecule has 2 aromatic rings. The molecule has 0 N–H and O–H groups in total. The predicted molar refractivity (Wildman–Crippen MR) is 167 cm³/mol. The number of carbonyl (C=O) groups excluding carboxylic acids is 2. The number of likely N-dealkylation sites (N-methyl/N-ethyl adjacent to an activating group) is 2. The van der Waals surface area contributed by atoms with Gasteiger partial charge in [-0.25, -0.2) is 0 Å². The van der Waals surface area contributed by atoms with Crippen molar-refractivity contribution in [3.8, 4) is 0 Å². The molecular formula is C31H44Cl2N4O2S. The molecule has 0 spiro atoms. The van der Waals surface area contributed by atoms with Crippen molar-refractivity contribution < 1.29 is 9.59 Å².